The van der Waals surface area contributed by atoms with Crippen LogP contribution in [-0.2, 0) is 13.0 Å². The largest absolute Gasteiger partial charge is 0.487 e. The summed E-state index contributed by atoms with van der Waals surface area (Å²) in [5, 5.41) is 8.83. The Labute approximate surface area is 112 Å². The number of anilines is 1. The molecule has 19 heavy (non-hydrogen) atoms. The molecule has 2 rings (SSSR count). The second-order valence-electron chi connectivity index (χ2n) is 4.06. The lowest BCUT2D eigenvalue weighted by Crippen LogP contribution is -2.09. The molecule has 0 aliphatic heterocycles. The minimum atomic E-state index is 0.156. The van der Waals surface area contributed by atoms with E-state index in [9.17, 15) is 0 Å². The average molecular weight is 259 g/mol. The summed E-state index contributed by atoms with van der Waals surface area (Å²) >= 11 is 0. The van der Waals surface area contributed by atoms with E-state index >= 15 is 0 Å². The van der Waals surface area contributed by atoms with Gasteiger partial charge in [-0.25, -0.2) is 10.8 Å². The van der Waals surface area contributed by atoms with E-state index in [1.807, 2.05) is 36.4 Å². The number of hydrogen-bond donors (Lipinski definition) is 3. The molecule has 1 heterocycles. The molecule has 5 heteroatoms. The molecular weight excluding hydrogens is 242 g/mol. The highest BCUT2D eigenvalue weighted by Gasteiger charge is 1.99. The van der Waals surface area contributed by atoms with Gasteiger partial charge in [0.1, 0.15) is 18.2 Å². The second-order valence-corrected chi connectivity index (χ2v) is 4.06. The molecule has 100 valence electrons. The first-order chi connectivity index (χ1) is 9.31. The van der Waals surface area contributed by atoms with Crippen LogP contribution >= 0.6 is 0 Å². The number of aliphatic hydroxyl groups excluding tert-OH is 1. The van der Waals surface area contributed by atoms with Gasteiger partial charge in [0.2, 0.25) is 0 Å². The van der Waals surface area contributed by atoms with E-state index in [0.29, 0.717) is 18.8 Å². The molecule has 0 unspecified atom stereocenters. The molecular formula is C14H17N3O2. The summed E-state index contributed by atoms with van der Waals surface area (Å²) in [6.07, 6.45) is 0.659. The van der Waals surface area contributed by atoms with E-state index in [0.717, 1.165) is 17.0 Å². The Kier molecular flexibility index (Phi) is 4.72. The lowest BCUT2D eigenvalue weighted by molar-refractivity contribution is 0.297. The SMILES string of the molecule is NNc1cccc(COc2ccc(CCO)cc2)n1. The fourth-order valence-electron chi connectivity index (χ4n) is 1.68. The molecule has 0 atom stereocenters. The number of aliphatic hydroxyl groups is 1. The molecule has 0 fully saturated rings. The van der Waals surface area contributed by atoms with Crippen LogP contribution in [0.2, 0.25) is 0 Å². The molecule has 0 saturated carbocycles. The Morgan fingerprint density at radius 1 is 1.16 bits per heavy atom. The first-order valence-electron chi connectivity index (χ1n) is 6.07. The summed E-state index contributed by atoms with van der Waals surface area (Å²) in [5.74, 6) is 6.68. The van der Waals surface area contributed by atoms with Crippen molar-refractivity contribution in [2.45, 2.75) is 13.0 Å². The van der Waals surface area contributed by atoms with E-state index in [1.165, 1.54) is 0 Å². The number of pyridine rings is 1. The Morgan fingerprint density at radius 3 is 2.63 bits per heavy atom. The number of nitrogens with two attached hydrogens (primary N) is 1. The van der Waals surface area contributed by atoms with E-state index < -0.39 is 0 Å². The van der Waals surface area contributed by atoms with Gasteiger partial charge in [0.25, 0.3) is 0 Å². The van der Waals surface area contributed by atoms with Gasteiger partial charge >= 0.3 is 0 Å². The Bertz CT molecular complexity index is 514. The fraction of sp³-hybridized carbons (Fsp3) is 0.214. The lowest BCUT2D eigenvalue weighted by atomic mass is 10.1. The third-order valence-corrected chi connectivity index (χ3v) is 2.67. The molecule has 0 bridgehead atoms. The van der Waals surface area contributed by atoms with Crippen molar-refractivity contribution in [2.24, 2.45) is 5.84 Å². The summed E-state index contributed by atoms with van der Waals surface area (Å²) in [7, 11) is 0. The number of nitrogens with zero attached hydrogens (tertiary/aromatic N) is 1. The molecule has 0 radical (unpaired) electrons. The molecule has 0 saturated heterocycles. The van der Waals surface area contributed by atoms with Crippen LogP contribution in [-0.4, -0.2) is 16.7 Å². The molecule has 1 aromatic heterocycles. The Morgan fingerprint density at radius 2 is 1.95 bits per heavy atom. The highest BCUT2D eigenvalue weighted by molar-refractivity contribution is 5.33. The summed E-state index contributed by atoms with van der Waals surface area (Å²) < 4.78 is 5.63. The van der Waals surface area contributed by atoms with Gasteiger partial charge in [-0.3, -0.25) is 0 Å². The monoisotopic (exact) mass is 259 g/mol. The van der Waals surface area contributed by atoms with Crippen molar-refractivity contribution < 1.29 is 9.84 Å². The molecule has 0 aliphatic carbocycles. The average Bonchev–Trinajstić information content (AvgIpc) is 2.47. The van der Waals surface area contributed by atoms with Crippen LogP contribution in [0.3, 0.4) is 0 Å². The maximum atomic E-state index is 8.83. The molecule has 0 aliphatic rings. The van der Waals surface area contributed by atoms with E-state index in [4.69, 9.17) is 15.7 Å². The van der Waals surface area contributed by atoms with Crippen LogP contribution in [0.5, 0.6) is 5.75 Å². The van der Waals surface area contributed by atoms with E-state index in [1.54, 1.807) is 6.07 Å². The van der Waals surface area contributed by atoms with Gasteiger partial charge in [-0.2, -0.15) is 0 Å². The zero-order chi connectivity index (χ0) is 13.5. The minimum absolute atomic E-state index is 0.156. The van der Waals surface area contributed by atoms with Crippen LogP contribution in [0.1, 0.15) is 11.3 Å². The molecule has 5 nitrogen and oxygen atoms in total. The number of hydrogen-bond acceptors (Lipinski definition) is 5. The van der Waals surface area contributed by atoms with E-state index in [-0.39, 0.29) is 6.61 Å². The number of benzene rings is 1. The minimum Gasteiger partial charge on any atom is -0.487 e. The number of nitrogen functional groups attached to an aromatic ring is 1. The number of rotatable bonds is 6. The molecule has 1 aromatic carbocycles. The highest BCUT2D eigenvalue weighted by Crippen LogP contribution is 2.14. The van der Waals surface area contributed by atoms with Gasteiger partial charge in [0.05, 0.1) is 5.69 Å². The van der Waals surface area contributed by atoms with Crippen LogP contribution in [0.25, 0.3) is 0 Å². The summed E-state index contributed by atoms with van der Waals surface area (Å²) in [4.78, 5) is 4.26. The standard InChI is InChI=1S/C14H17N3O2/c15-17-14-3-1-2-12(16-14)10-19-13-6-4-11(5-7-13)8-9-18/h1-7,18H,8-10,15H2,(H,16,17). The third-order valence-electron chi connectivity index (χ3n) is 2.67. The highest BCUT2D eigenvalue weighted by atomic mass is 16.5. The van der Waals surface area contributed by atoms with Gasteiger partial charge in [0, 0.05) is 6.61 Å². The van der Waals surface area contributed by atoms with Crippen molar-refractivity contribution in [2.75, 3.05) is 12.0 Å². The molecule has 0 spiro atoms. The third kappa shape index (κ3) is 3.94. The Balaban J connectivity index is 1.94. The lowest BCUT2D eigenvalue weighted by Gasteiger charge is -2.07. The van der Waals surface area contributed by atoms with Crippen molar-refractivity contribution in [3.8, 4) is 5.75 Å². The van der Waals surface area contributed by atoms with Gasteiger partial charge in [-0.05, 0) is 36.2 Å². The summed E-state index contributed by atoms with van der Waals surface area (Å²) in [6, 6.07) is 13.2. The van der Waals surface area contributed by atoms with Gasteiger partial charge in [0.15, 0.2) is 0 Å². The quantitative estimate of drug-likeness (QED) is 0.541. The van der Waals surface area contributed by atoms with Crippen molar-refractivity contribution in [3.63, 3.8) is 0 Å². The predicted molar refractivity (Wildman–Crippen MR) is 73.6 cm³/mol. The maximum absolute atomic E-state index is 8.83. The number of ether oxygens (including phenoxy) is 1. The van der Waals surface area contributed by atoms with Gasteiger partial charge in [-0.15, -0.1) is 0 Å². The summed E-state index contributed by atoms with van der Waals surface area (Å²) in [5.41, 5.74) is 4.38. The predicted octanol–water partition coefficient (Wildman–Crippen LogP) is 1.48. The normalized spacial score (nSPS) is 10.2. The number of hydrazine groups is 1. The van der Waals surface area contributed by atoms with E-state index in [2.05, 4.69) is 10.4 Å². The Hall–Kier alpha value is -2.11. The van der Waals surface area contributed by atoms with Crippen LogP contribution in [0, 0.1) is 0 Å². The summed E-state index contributed by atoms with van der Waals surface area (Å²) in [6.45, 7) is 0.540. The van der Waals surface area contributed by atoms with Crippen LogP contribution in [0.4, 0.5) is 5.82 Å². The van der Waals surface area contributed by atoms with Crippen molar-refractivity contribution in [1.29, 1.82) is 0 Å². The number of nitrogens with one attached hydrogen (secondary N) is 1. The van der Waals surface area contributed by atoms with Gasteiger partial charge < -0.3 is 15.3 Å². The van der Waals surface area contributed by atoms with Crippen molar-refractivity contribution >= 4 is 5.82 Å². The van der Waals surface area contributed by atoms with Crippen molar-refractivity contribution in [3.05, 3.63) is 53.7 Å². The van der Waals surface area contributed by atoms with Crippen LogP contribution < -0.4 is 16.0 Å². The topological polar surface area (TPSA) is 80.4 Å². The molecule has 0 amide bonds. The number of aromatic nitrogens is 1. The van der Waals surface area contributed by atoms with Crippen LogP contribution in [0.15, 0.2) is 42.5 Å². The fourth-order valence-corrected chi connectivity index (χ4v) is 1.68. The van der Waals surface area contributed by atoms with Gasteiger partial charge in [-0.1, -0.05) is 18.2 Å². The maximum Gasteiger partial charge on any atom is 0.140 e. The van der Waals surface area contributed by atoms with Crippen molar-refractivity contribution in [1.82, 2.24) is 4.98 Å². The first kappa shape index (κ1) is 13.3. The smallest absolute Gasteiger partial charge is 0.140 e. The second kappa shape index (κ2) is 6.72. The zero-order valence-corrected chi connectivity index (χ0v) is 10.5. The molecule has 4 N–H and O–H groups in total. The molecule has 2 aromatic rings. The zero-order valence-electron chi connectivity index (χ0n) is 10.5. The first-order valence-corrected chi connectivity index (χ1v) is 6.07.